The van der Waals surface area contributed by atoms with Crippen LogP contribution in [0.15, 0.2) is 18.2 Å². The summed E-state index contributed by atoms with van der Waals surface area (Å²) in [6.45, 7) is 3.08. The van der Waals surface area contributed by atoms with E-state index in [0.29, 0.717) is 10.7 Å². The lowest BCUT2D eigenvalue weighted by molar-refractivity contribution is -0.123. The normalized spacial score (nSPS) is 20.5. The summed E-state index contributed by atoms with van der Waals surface area (Å²) in [6.07, 6.45) is 9.16. The fourth-order valence-electron chi connectivity index (χ4n) is 3.90. The Morgan fingerprint density at radius 3 is 2.77 bits per heavy atom. The molecule has 1 heterocycles. The van der Waals surface area contributed by atoms with Crippen LogP contribution in [-0.2, 0) is 17.6 Å². The SMILES string of the molecule is CC(Br)Cc1ccc2c(c1)CCCN2C(=O)C1CCCCC1. The van der Waals surface area contributed by atoms with E-state index in [2.05, 4.69) is 46.0 Å². The fourth-order valence-corrected chi connectivity index (χ4v) is 4.27. The third-order valence-electron chi connectivity index (χ3n) is 5.00. The molecule has 0 aromatic heterocycles. The maximum atomic E-state index is 12.9. The molecule has 2 nitrogen and oxygen atoms in total. The minimum absolute atomic E-state index is 0.266. The van der Waals surface area contributed by atoms with Gasteiger partial charge in [0.05, 0.1) is 0 Å². The van der Waals surface area contributed by atoms with E-state index in [1.165, 1.54) is 36.1 Å². The molecule has 1 aromatic rings. The Balaban J connectivity index is 1.80. The second-order valence-electron chi connectivity index (χ2n) is 6.88. The molecule has 1 aromatic carbocycles. The molecule has 3 rings (SSSR count). The number of anilines is 1. The summed E-state index contributed by atoms with van der Waals surface area (Å²) < 4.78 is 0. The van der Waals surface area contributed by atoms with Crippen LogP contribution in [0.3, 0.4) is 0 Å². The fraction of sp³-hybridized carbons (Fsp3) is 0.632. The van der Waals surface area contributed by atoms with Crippen molar-refractivity contribution in [3.8, 4) is 0 Å². The summed E-state index contributed by atoms with van der Waals surface area (Å²) in [5, 5.41) is 0. The predicted molar refractivity (Wildman–Crippen MR) is 95.8 cm³/mol. The number of carbonyl (C=O) groups is 1. The van der Waals surface area contributed by atoms with E-state index < -0.39 is 0 Å². The number of fused-ring (bicyclic) bond motifs is 1. The summed E-state index contributed by atoms with van der Waals surface area (Å²) >= 11 is 3.63. The van der Waals surface area contributed by atoms with E-state index in [-0.39, 0.29) is 5.92 Å². The summed E-state index contributed by atoms with van der Waals surface area (Å²) in [5.74, 6) is 0.643. The second-order valence-corrected chi connectivity index (χ2v) is 8.44. The monoisotopic (exact) mass is 363 g/mol. The van der Waals surface area contributed by atoms with Gasteiger partial charge >= 0.3 is 0 Å². The summed E-state index contributed by atoms with van der Waals surface area (Å²) in [6, 6.07) is 6.69. The van der Waals surface area contributed by atoms with Gasteiger partial charge in [-0.15, -0.1) is 0 Å². The average molecular weight is 364 g/mol. The minimum Gasteiger partial charge on any atom is -0.312 e. The zero-order valence-corrected chi connectivity index (χ0v) is 15.1. The number of benzene rings is 1. The van der Waals surface area contributed by atoms with Crippen LogP contribution in [0.25, 0.3) is 0 Å². The van der Waals surface area contributed by atoms with Crippen molar-refractivity contribution in [2.45, 2.75) is 63.1 Å². The molecule has 0 bridgehead atoms. The van der Waals surface area contributed by atoms with Gasteiger partial charge in [-0.25, -0.2) is 0 Å². The van der Waals surface area contributed by atoms with Gasteiger partial charge < -0.3 is 4.90 Å². The molecule has 1 amide bonds. The van der Waals surface area contributed by atoms with Gasteiger partial charge in [0, 0.05) is 23.0 Å². The maximum absolute atomic E-state index is 12.9. The van der Waals surface area contributed by atoms with E-state index in [4.69, 9.17) is 0 Å². The number of hydrogen-bond donors (Lipinski definition) is 0. The molecule has 2 aliphatic rings. The van der Waals surface area contributed by atoms with Gasteiger partial charge in [-0.2, -0.15) is 0 Å². The first kappa shape index (κ1) is 16.0. The number of aryl methyl sites for hydroxylation is 1. The van der Waals surface area contributed by atoms with Gasteiger partial charge in [0.2, 0.25) is 5.91 Å². The molecule has 1 aliphatic carbocycles. The molecule has 1 unspecified atom stereocenters. The minimum atomic E-state index is 0.266. The number of halogens is 1. The van der Waals surface area contributed by atoms with Crippen molar-refractivity contribution >= 4 is 27.5 Å². The molecule has 0 spiro atoms. The van der Waals surface area contributed by atoms with E-state index in [9.17, 15) is 4.79 Å². The van der Waals surface area contributed by atoms with Gasteiger partial charge in [-0.1, -0.05) is 54.2 Å². The van der Waals surface area contributed by atoms with E-state index >= 15 is 0 Å². The molecule has 0 saturated heterocycles. The lowest BCUT2D eigenvalue weighted by atomic mass is 9.87. The molecular weight excluding hydrogens is 338 g/mol. The Morgan fingerprint density at radius 2 is 2.05 bits per heavy atom. The van der Waals surface area contributed by atoms with Crippen LogP contribution < -0.4 is 4.90 Å². The molecule has 1 atom stereocenters. The lowest BCUT2D eigenvalue weighted by Gasteiger charge is -2.34. The smallest absolute Gasteiger partial charge is 0.230 e. The van der Waals surface area contributed by atoms with Gasteiger partial charge in [0.25, 0.3) is 0 Å². The third-order valence-corrected chi connectivity index (χ3v) is 5.32. The Hall–Kier alpha value is -0.830. The first-order valence-electron chi connectivity index (χ1n) is 8.72. The highest BCUT2D eigenvalue weighted by molar-refractivity contribution is 9.09. The van der Waals surface area contributed by atoms with E-state index in [0.717, 1.165) is 38.6 Å². The van der Waals surface area contributed by atoms with Crippen molar-refractivity contribution in [1.82, 2.24) is 0 Å². The molecule has 22 heavy (non-hydrogen) atoms. The molecular formula is C19H26BrNO. The van der Waals surface area contributed by atoms with Crippen molar-refractivity contribution in [2.24, 2.45) is 5.92 Å². The number of amides is 1. The highest BCUT2D eigenvalue weighted by atomic mass is 79.9. The molecule has 0 radical (unpaired) electrons. The van der Waals surface area contributed by atoms with Crippen LogP contribution in [0.1, 0.15) is 56.6 Å². The zero-order chi connectivity index (χ0) is 15.5. The quantitative estimate of drug-likeness (QED) is 0.701. The van der Waals surface area contributed by atoms with Crippen molar-refractivity contribution < 1.29 is 4.79 Å². The topological polar surface area (TPSA) is 20.3 Å². The van der Waals surface area contributed by atoms with Crippen molar-refractivity contribution in [2.75, 3.05) is 11.4 Å². The van der Waals surface area contributed by atoms with Crippen LogP contribution in [0.2, 0.25) is 0 Å². The highest BCUT2D eigenvalue weighted by Crippen LogP contribution is 2.33. The standard InChI is InChI=1S/C19H26BrNO/c1-14(20)12-15-9-10-18-17(13-15)8-5-11-21(18)19(22)16-6-3-2-4-7-16/h9-10,13-14,16H,2-8,11-12H2,1H3. The Bertz CT molecular complexity index is 534. The Kier molecular flexibility index (Phi) is 5.22. The maximum Gasteiger partial charge on any atom is 0.230 e. The number of carbonyl (C=O) groups excluding carboxylic acids is 1. The first-order valence-corrected chi connectivity index (χ1v) is 9.64. The van der Waals surface area contributed by atoms with Crippen LogP contribution in [0, 0.1) is 5.92 Å². The predicted octanol–water partition coefficient (Wildman–Crippen LogP) is 4.87. The number of hydrogen-bond acceptors (Lipinski definition) is 1. The van der Waals surface area contributed by atoms with Crippen molar-refractivity contribution in [1.29, 1.82) is 0 Å². The van der Waals surface area contributed by atoms with Crippen LogP contribution >= 0.6 is 15.9 Å². The van der Waals surface area contributed by atoms with Crippen LogP contribution in [-0.4, -0.2) is 17.3 Å². The Morgan fingerprint density at radius 1 is 1.27 bits per heavy atom. The van der Waals surface area contributed by atoms with E-state index in [1.54, 1.807) is 0 Å². The first-order chi connectivity index (χ1) is 10.6. The summed E-state index contributed by atoms with van der Waals surface area (Å²) in [7, 11) is 0. The molecule has 0 N–H and O–H groups in total. The zero-order valence-electron chi connectivity index (χ0n) is 13.5. The van der Waals surface area contributed by atoms with Gasteiger partial charge in [-0.3, -0.25) is 4.79 Å². The summed E-state index contributed by atoms with van der Waals surface area (Å²) in [5.41, 5.74) is 3.91. The molecule has 1 fully saturated rings. The third kappa shape index (κ3) is 3.56. The Labute approximate surface area is 142 Å². The van der Waals surface area contributed by atoms with Crippen LogP contribution in [0.5, 0.6) is 0 Å². The van der Waals surface area contributed by atoms with Gasteiger partial charge in [0.1, 0.15) is 0 Å². The molecule has 120 valence electrons. The van der Waals surface area contributed by atoms with Crippen molar-refractivity contribution in [3.05, 3.63) is 29.3 Å². The molecule has 3 heteroatoms. The van der Waals surface area contributed by atoms with Gasteiger partial charge in [-0.05, 0) is 49.3 Å². The number of nitrogens with zero attached hydrogens (tertiary/aromatic N) is 1. The molecule has 1 saturated carbocycles. The number of alkyl halides is 1. The largest absolute Gasteiger partial charge is 0.312 e. The van der Waals surface area contributed by atoms with Crippen LogP contribution in [0.4, 0.5) is 5.69 Å². The molecule has 1 aliphatic heterocycles. The van der Waals surface area contributed by atoms with Gasteiger partial charge in [0.15, 0.2) is 0 Å². The lowest BCUT2D eigenvalue weighted by Crippen LogP contribution is -2.40. The van der Waals surface area contributed by atoms with E-state index in [1.807, 2.05) is 0 Å². The van der Waals surface area contributed by atoms with Crippen molar-refractivity contribution in [3.63, 3.8) is 0 Å². The average Bonchev–Trinajstić information content (AvgIpc) is 2.53. The summed E-state index contributed by atoms with van der Waals surface area (Å²) in [4.78, 5) is 15.5. The highest BCUT2D eigenvalue weighted by Gasteiger charge is 2.29. The number of rotatable bonds is 3. The second kappa shape index (κ2) is 7.16.